The van der Waals surface area contributed by atoms with Gasteiger partial charge in [-0.2, -0.15) is 5.10 Å². The number of methoxy groups -OCH3 is 1. The van der Waals surface area contributed by atoms with Gasteiger partial charge in [0.25, 0.3) is 5.91 Å². The lowest BCUT2D eigenvalue weighted by molar-refractivity contribution is 0.0683. The number of benzene rings is 1. The van der Waals surface area contributed by atoms with Crippen molar-refractivity contribution in [3.05, 3.63) is 65.1 Å². The predicted octanol–water partition coefficient (Wildman–Crippen LogP) is 3.26. The van der Waals surface area contributed by atoms with Gasteiger partial charge in [0.15, 0.2) is 0 Å². The smallest absolute Gasteiger partial charge is 0.272 e. The van der Waals surface area contributed by atoms with E-state index in [0.717, 1.165) is 22.6 Å². The standard InChI is InChI=1S/C19H17ClN4O2/c1-26-15-5-3-14(4-6-15)16-10-17-19(25)23(8-9-24(17)22-16)12-13-2-7-18(20)21-11-13/h2-7,10-11H,8-9,12H2,1H3. The summed E-state index contributed by atoms with van der Waals surface area (Å²) in [4.78, 5) is 18.7. The van der Waals surface area contributed by atoms with Crippen LogP contribution in [0.4, 0.5) is 0 Å². The molecule has 0 radical (unpaired) electrons. The van der Waals surface area contributed by atoms with Crippen LogP contribution in [0, 0.1) is 0 Å². The fourth-order valence-electron chi connectivity index (χ4n) is 3.01. The minimum atomic E-state index is -0.0292. The fourth-order valence-corrected chi connectivity index (χ4v) is 3.12. The molecular weight excluding hydrogens is 352 g/mol. The minimum Gasteiger partial charge on any atom is -0.497 e. The maximum Gasteiger partial charge on any atom is 0.272 e. The average molecular weight is 369 g/mol. The summed E-state index contributed by atoms with van der Waals surface area (Å²) in [6.45, 7) is 1.78. The predicted molar refractivity (Wildman–Crippen MR) is 98.2 cm³/mol. The highest BCUT2D eigenvalue weighted by atomic mass is 35.5. The topological polar surface area (TPSA) is 60.2 Å². The quantitative estimate of drug-likeness (QED) is 0.663. The highest BCUT2D eigenvalue weighted by Gasteiger charge is 2.26. The third-order valence-corrected chi connectivity index (χ3v) is 4.64. The SMILES string of the molecule is COc1ccc(-c2cc3n(n2)CCN(Cc2ccc(Cl)nc2)C3=O)cc1. The van der Waals surface area contributed by atoms with Crippen molar-refractivity contribution in [2.75, 3.05) is 13.7 Å². The van der Waals surface area contributed by atoms with Gasteiger partial charge in [0.1, 0.15) is 16.6 Å². The molecule has 0 unspecified atom stereocenters. The molecule has 3 heterocycles. The lowest BCUT2D eigenvalue weighted by Crippen LogP contribution is -2.39. The maximum absolute atomic E-state index is 12.8. The van der Waals surface area contributed by atoms with E-state index in [1.165, 1.54) is 0 Å². The molecule has 0 atom stereocenters. The average Bonchev–Trinajstić information content (AvgIpc) is 3.11. The van der Waals surface area contributed by atoms with Crippen LogP contribution in [-0.2, 0) is 13.1 Å². The molecule has 0 N–H and O–H groups in total. The molecule has 0 saturated heterocycles. The van der Waals surface area contributed by atoms with E-state index >= 15 is 0 Å². The molecule has 4 rings (SSSR count). The van der Waals surface area contributed by atoms with E-state index in [4.69, 9.17) is 16.3 Å². The number of halogens is 1. The number of amides is 1. The second kappa shape index (κ2) is 6.80. The first-order valence-electron chi connectivity index (χ1n) is 8.26. The van der Waals surface area contributed by atoms with Gasteiger partial charge in [-0.1, -0.05) is 17.7 Å². The Balaban J connectivity index is 1.56. The molecule has 1 amide bonds. The van der Waals surface area contributed by atoms with Gasteiger partial charge in [-0.15, -0.1) is 0 Å². The van der Waals surface area contributed by atoms with Gasteiger partial charge in [0, 0.05) is 24.8 Å². The molecule has 0 spiro atoms. The first-order chi connectivity index (χ1) is 12.6. The van der Waals surface area contributed by atoms with Crippen molar-refractivity contribution in [3.63, 3.8) is 0 Å². The Kier molecular flexibility index (Phi) is 4.34. The van der Waals surface area contributed by atoms with Gasteiger partial charge in [-0.25, -0.2) is 4.98 Å². The molecule has 2 aromatic heterocycles. The number of rotatable bonds is 4. The van der Waals surface area contributed by atoms with Crippen molar-refractivity contribution >= 4 is 17.5 Å². The number of carbonyl (C=O) groups is 1. The lowest BCUT2D eigenvalue weighted by atomic mass is 10.1. The van der Waals surface area contributed by atoms with Gasteiger partial charge in [-0.3, -0.25) is 9.48 Å². The Labute approximate surface area is 156 Å². The first-order valence-corrected chi connectivity index (χ1v) is 8.64. The molecular formula is C19H17ClN4O2. The Hall–Kier alpha value is -2.86. The van der Waals surface area contributed by atoms with Crippen LogP contribution < -0.4 is 4.74 Å². The van der Waals surface area contributed by atoms with Crippen LogP contribution in [0.1, 0.15) is 16.1 Å². The molecule has 1 aromatic carbocycles. The van der Waals surface area contributed by atoms with Gasteiger partial charge in [0.05, 0.1) is 19.3 Å². The highest BCUT2D eigenvalue weighted by Crippen LogP contribution is 2.25. The number of ether oxygens (including phenoxy) is 1. The van der Waals surface area contributed by atoms with E-state index in [2.05, 4.69) is 10.1 Å². The number of nitrogens with zero attached hydrogens (tertiary/aromatic N) is 4. The highest BCUT2D eigenvalue weighted by molar-refractivity contribution is 6.29. The van der Waals surface area contributed by atoms with E-state index in [0.29, 0.717) is 30.5 Å². The lowest BCUT2D eigenvalue weighted by Gasteiger charge is -2.27. The minimum absolute atomic E-state index is 0.0292. The molecule has 132 valence electrons. The summed E-state index contributed by atoms with van der Waals surface area (Å²) in [5.41, 5.74) is 3.29. The van der Waals surface area contributed by atoms with Crippen LogP contribution >= 0.6 is 11.6 Å². The van der Waals surface area contributed by atoms with Crippen LogP contribution in [0.2, 0.25) is 5.15 Å². The van der Waals surface area contributed by atoms with Crippen molar-refractivity contribution in [1.82, 2.24) is 19.7 Å². The largest absolute Gasteiger partial charge is 0.497 e. The van der Waals surface area contributed by atoms with Crippen molar-refractivity contribution in [2.24, 2.45) is 0 Å². The molecule has 3 aromatic rings. The van der Waals surface area contributed by atoms with Gasteiger partial charge in [0.2, 0.25) is 0 Å². The van der Waals surface area contributed by atoms with Crippen LogP contribution in [0.3, 0.4) is 0 Å². The van der Waals surface area contributed by atoms with Crippen LogP contribution in [-0.4, -0.2) is 39.2 Å². The number of pyridine rings is 1. The third-order valence-electron chi connectivity index (χ3n) is 4.42. The van der Waals surface area contributed by atoms with Crippen molar-refractivity contribution in [1.29, 1.82) is 0 Å². The summed E-state index contributed by atoms with van der Waals surface area (Å²) in [6, 6.07) is 13.1. The monoisotopic (exact) mass is 368 g/mol. The summed E-state index contributed by atoms with van der Waals surface area (Å²) < 4.78 is 6.96. The summed E-state index contributed by atoms with van der Waals surface area (Å²) in [5.74, 6) is 0.759. The zero-order chi connectivity index (χ0) is 18.1. The summed E-state index contributed by atoms with van der Waals surface area (Å²) in [6.07, 6.45) is 1.70. The molecule has 0 aliphatic carbocycles. The van der Waals surface area contributed by atoms with Crippen LogP contribution in [0.25, 0.3) is 11.3 Å². The van der Waals surface area contributed by atoms with Crippen LogP contribution in [0.15, 0.2) is 48.7 Å². The Bertz CT molecular complexity index is 935. The van der Waals surface area contributed by atoms with Crippen molar-refractivity contribution < 1.29 is 9.53 Å². The number of hydrogen-bond acceptors (Lipinski definition) is 4. The third kappa shape index (κ3) is 3.15. The fraction of sp³-hybridized carbons (Fsp3) is 0.211. The van der Waals surface area contributed by atoms with E-state index in [9.17, 15) is 4.79 Å². The van der Waals surface area contributed by atoms with Gasteiger partial charge < -0.3 is 9.64 Å². The number of aromatic nitrogens is 3. The van der Waals surface area contributed by atoms with E-state index < -0.39 is 0 Å². The van der Waals surface area contributed by atoms with Gasteiger partial charge >= 0.3 is 0 Å². The normalized spacial score (nSPS) is 13.6. The van der Waals surface area contributed by atoms with E-state index in [1.54, 1.807) is 29.0 Å². The van der Waals surface area contributed by atoms with E-state index in [-0.39, 0.29) is 5.91 Å². The molecule has 6 nitrogen and oxygen atoms in total. The Morgan fingerprint density at radius 3 is 2.65 bits per heavy atom. The molecule has 0 saturated carbocycles. The molecule has 26 heavy (non-hydrogen) atoms. The molecule has 0 bridgehead atoms. The van der Waals surface area contributed by atoms with Crippen LogP contribution in [0.5, 0.6) is 5.75 Å². The molecule has 7 heteroatoms. The summed E-state index contributed by atoms with van der Waals surface area (Å²) >= 11 is 5.82. The molecule has 1 aliphatic rings. The number of carbonyl (C=O) groups excluding carboxylic acids is 1. The second-order valence-corrected chi connectivity index (χ2v) is 6.47. The van der Waals surface area contributed by atoms with Gasteiger partial charge in [-0.05, 0) is 42.0 Å². The van der Waals surface area contributed by atoms with E-state index in [1.807, 2.05) is 36.4 Å². The number of hydrogen-bond donors (Lipinski definition) is 0. The zero-order valence-corrected chi connectivity index (χ0v) is 15.0. The van der Waals surface area contributed by atoms with Crippen molar-refractivity contribution in [3.8, 4) is 17.0 Å². The molecule has 1 aliphatic heterocycles. The first kappa shape index (κ1) is 16.6. The summed E-state index contributed by atoms with van der Waals surface area (Å²) in [7, 11) is 1.63. The second-order valence-electron chi connectivity index (χ2n) is 6.08. The van der Waals surface area contributed by atoms with Crippen molar-refractivity contribution in [2.45, 2.75) is 13.1 Å². The Morgan fingerprint density at radius 1 is 1.15 bits per heavy atom. The number of fused-ring (bicyclic) bond motifs is 1. The summed E-state index contributed by atoms with van der Waals surface area (Å²) in [5, 5.41) is 5.02. The maximum atomic E-state index is 12.8. The molecule has 0 fully saturated rings. The Morgan fingerprint density at radius 2 is 1.96 bits per heavy atom. The zero-order valence-electron chi connectivity index (χ0n) is 14.2.